The number of aliphatic hydroxyl groups is 1. The van der Waals surface area contributed by atoms with Crippen LogP contribution in [0.15, 0.2) is 42.9 Å². The number of nitrogens with one attached hydrogen (secondary N) is 1. The Bertz CT molecular complexity index is 851. The number of hydrogen-bond donors (Lipinski definition) is 2. The molecular formula is C18H22N6O. The summed E-state index contributed by atoms with van der Waals surface area (Å²) in [6, 6.07) is 10.4. The molecule has 1 atom stereocenters. The van der Waals surface area contributed by atoms with Crippen molar-refractivity contribution in [3.05, 3.63) is 48.4 Å². The second-order valence-electron chi connectivity index (χ2n) is 6.86. The van der Waals surface area contributed by atoms with E-state index < -0.39 is 5.60 Å². The summed E-state index contributed by atoms with van der Waals surface area (Å²) in [7, 11) is 1.95. The van der Waals surface area contributed by atoms with E-state index in [-0.39, 0.29) is 0 Å². The lowest BCUT2D eigenvalue weighted by Crippen LogP contribution is -2.44. The largest absolute Gasteiger partial charge is 0.387 e. The summed E-state index contributed by atoms with van der Waals surface area (Å²) in [5.41, 5.74) is 1.24. The minimum Gasteiger partial charge on any atom is -0.387 e. The first-order valence-corrected chi connectivity index (χ1v) is 8.47. The van der Waals surface area contributed by atoms with Crippen molar-refractivity contribution in [2.45, 2.75) is 18.6 Å². The molecule has 0 radical (unpaired) electrons. The normalized spacial score (nSPS) is 21.0. The lowest BCUT2D eigenvalue weighted by molar-refractivity contribution is 0.0561. The van der Waals surface area contributed by atoms with E-state index >= 15 is 0 Å². The van der Waals surface area contributed by atoms with Gasteiger partial charge in [-0.05, 0) is 12.0 Å². The molecule has 0 aliphatic carbocycles. The maximum absolute atomic E-state index is 11.0. The molecule has 0 spiro atoms. The first-order valence-electron chi connectivity index (χ1n) is 8.47. The Balaban J connectivity index is 1.44. The fraction of sp³-hybridized carbons (Fsp3) is 0.389. The highest BCUT2D eigenvalue weighted by molar-refractivity contribution is 5.85. The SMILES string of the molecule is CN(CC1(O)CCN(Cc2ccccc2)C1)c1ncnc2[nH]ncc12. The number of aromatic nitrogens is 4. The first-order chi connectivity index (χ1) is 12.1. The third-order valence-electron chi connectivity index (χ3n) is 4.78. The van der Waals surface area contributed by atoms with Crippen molar-refractivity contribution in [2.24, 2.45) is 0 Å². The van der Waals surface area contributed by atoms with Crippen LogP contribution in [0, 0.1) is 0 Å². The van der Waals surface area contributed by atoms with E-state index in [0.717, 1.165) is 30.7 Å². The van der Waals surface area contributed by atoms with Crippen LogP contribution >= 0.6 is 0 Å². The average Bonchev–Trinajstić information content (AvgIpc) is 3.22. The van der Waals surface area contributed by atoms with Crippen LogP contribution in [0.4, 0.5) is 5.82 Å². The zero-order chi connectivity index (χ0) is 17.3. The zero-order valence-electron chi connectivity index (χ0n) is 14.3. The van der Waals surface area contributed by atoms with Crippen molar-refractivity contribution >= 4 is 16.9 Å². The van der Waals surface area contributed by atoms with Crippen LogP contribution in [-0.4, -0.2) is 62.5 Å². The second kappa shape index (κ2) is 6.42. The molecule has 1 aliphatic rings. The van der Waals surface area contributed by atoms with Gasteiger partial charge in [0.1, 0.15) is 12.1 Å². The number of H-pyrrole nitrogens is 1. The summed E-state index contributed by atoms with van der Waals surface area (Å²) >= 11 is 0. The Morgan fingerprint density at radius 3 is 2.96 bits per heavy atom. The van der Waals surface area contributed by atoms with Crippen LogP contribution in [-0.2, 0) is 6.54 Å². The van der Waals surface area contributed by atoms with E-state index in [0.29, 0.717) is 18.7 Å². The summed E-state index contributed by atoms with van der Waals surface area (Å²) in [6.45, 7) is 2.94. The fourth-order valence-corrected chi connectivity index (χ4v) is 3.62. The van der Waals surface area contributed by atoms with Gasteiger partial charge in [0.15, 0.2) is 5.65 Å². The summed E-state index contributed by atoms with van der Waals surface area (Å²) in [4.78, 5) is 12.8. The third kappa shape index (κ3) is 3.33. The van der Waals surface area contributed by atoms with Crippen molar-refractivity contribution in [3.63, 3.8) is 0 Å². The molecule has 0 bridgehead atoms. The average molecular weight is 338 g/mol. The van der Waals surface area contributed by atoms with Crippen LogP contribution in [0.2, 0.25) is 0 Å². The maximum Gasteiger partial charge on any atom is 0.160 e. The fourth-order valence-electron chi connectivity index (χ4n) is 3.62. The standard InChI is InChI=1S/C18H22N6O/c1-23(17-15-9-21-22-16(15)19-13-20-17)11-18(25)7-8-24(12-18)10-14-5-3-2-4-6-14/h2-6,9,13,25H,7-8,10-12H2,1H3,(H,19,20,21,22). The van der Waals surface area contributed by atoms with E-state index in [2.05, 4.69) is 49.3 Å². The molecule has 3 heterocycles. The molecule has 4 rings (SSSR count). The quantitative estimate of drug-likeness (QED) is 0.732. The number of β-amino-alcohol motifs (C(OH)–C–C–N with tert-alkyl or cyclic N) is 1. The van der Waals surface area contributed by atoms with Gasteiger partial charge in [0.25, 0.3) is 0 Å². The van der Waals surface area contributed by atoms with E-state index in [9.17, 15) is 5.11 Å². The van der Waals surface area contributed by atoms with Crippen molar-refractivity contribution in [3.8, 4) is 0 Å². The molecule has 1 aromatic carbocycles. The van der Waals surface area contributed by atoms with Gasteiger partial charge in [0, 0.05) is 33.2 Å². The van der Waals surface area contributed by atoms with Gasteiger partial charge in [-0.15, -0.1) is 0 Å². The first kappa shape index (κ1) is 16.0. The monoisotopic (exact) mass is 338 g/mol. The number of anilines is 1. The highest BCUT2D eigenvalue weighted by atomic mass is 16.3. The van der Waals surface area contributed by atoms with E-state index in [1.54, 1.807) is 6.20 Å². The molecule has 1 saturated heterocycles. The molecule has 2 aromatic heterocycles. The molecule has 7 nitrogen and oxygen atoms in total. The van der Waals surface area contributed by atoms with E-state index in [1.165, 1.54) is 11.9 Å². The highest BCUT2D eigenvalue weighted by Crippen LogP contribution is 2.27. The third-order valence-corrected chi connectivity index (χ3v) is 4.78. The van der Waals surface area contributed by atoms with Gasteiger partial charge >= 0.3 is 0 Å². The van der Waals surface area contributed by atoms with Crippen LogP contribution < -0.4 is 4.90 Å². The zero-order valence-corrected chi connectivity index (χ0v) is 14.3. The van der Waals surface area contributed by atoms with Gasteiger partial charge in [-0.3, -0.25) is 10.00 Å². The van der Waals surface area contributed by atoms with E-state index in [1.807, 2.05) is 18.0 Å². The number of benzene rings is 1. The van der Waals surface area contributed by atoms with Gasteiger partial charge in [-0.1, -0.05) is 30.3 Å². The van der Waals surface area contributed by atoms with Crippen LogP contribution in [0.5, 0.6) is 0 Å². The Hall–Kier alpha value is -2.51. The summed E-state index contributed by atoms with van der Waals surface area (Å²) < 4.78 is 0. The molecule has 1 fully saturated rings. The number of fused-ring (bicyclic) bond motifs is 1. The van der Waals surface area contributed by atoms with Gasteiger partial charge in [-0.25, -0.2) is 9.97 Å². The summed E-state index contributed by atoms with van der Waals surface area (Å²) in [5.74, 6) is 0.786. The highest BCUT2D eigenvalue weighted by Gasteiger charge is 2.37. The Labute approximate surface area is 146 Å². The molecule has 3 aromatic rings. The number of likely N-dealkylation sites (N-methyl/N-ethyl adjacent to an activating group) is 1. The Kier molecular flexibility index (Phi) is 4.10. The lowest BCUT2D eigenvalue weighted by Gasteiger charge is -2.30. The topological polar surface area (TPSA) is 81.2 Å². The van der Waals surface area contributed by atoms with Crippen molar-refractivity contribution in [1.82, 2.24) is 25.1 Å². The number of hydrogen-bond acceptors (Lipinski definition) is 6. The van der Waals surface area contributed by atoms with Gasteiger partial charge in [0.05, 0.1) is 17.2 Å². The van der Waals surface area contributed by atoms with Crippen LogP contribution in [0.3, 0.4) is 0 Å². The lowest BCUT2D eigenvalue weighted by atomic mass is 10.0. The van der Waals surface area contributed by atoms with Crippen LogP contribution in [0.1, 0.15) is 12.0 Å². The molecule has 25 heavy (non-hydrogen) atoms. The van der Waals surface area contributed by atoms with Crippen molar-refractivity contribution in [1.29, 1.82) is 0 Å². The molecule has 2 N–H and O–H groups in total. The minimum absolute atomic E-state index is 0.523. The van der Waals surface area contributed by atoms with Crippen molar-refractivity contribution in [2.75, 3.05) is 31.6 Å². The van der Waals surface area contributed by atoms with Gasteiger partial charge < -0.3 is 10.0 Å². The van der Waals surface area contributed by atoms with Gasteiger partial charge in [0.2, 0.25) is 0 Å². The molecule has 130 valence electrons. The second-order valence-corrected chi connectivity index (χ2v) is 6.86. The molecule has 1 aliphatic heterocycles. The Morgan fingerprint density at radius 1 is 1.28 bits per heavy atom. The predicted molar refractivity (Wildman–Crippen MR) is 96.2 cm³/mol. The molecule has 7 heteroatoms. The number of likely N-dealkylation sites (tertiary alicyclic amines) is 1. The summed E-state index contributed by atoms with van der Waals surface area (Å²) in [5, 5.41) is 18.8. The van der Waals surface area contributed by atoms with Crippen molar-refractivity contribution < 1.29 is 5.11 Å². The minimum atomic E-state index is -0.745. The molecule has 1 unspecified atom stereocenters. The number of aromatic amines is 1. The molecular weight excluding hydrogens is 316 g/mol. The maximum atomic E-state index is 11.0. The number of rotatable bonds is 5. The number of nitrogens with zero attached hydrogens (tertiary/aromatic N) is 5. The molecule has 0 saturated carbocycles. The van der Waals surface area contributed by atoms with Gasteiger partial charge in [-0.2, -0.15) is 5.10 Å². The van der Waals surface area contributed by atoms with E-state index in [4.69, 9.17) is 0 Å². The summed E-state index contributed by atoms with van der Waals surface area (Å²) in [6.07, 6.45) is 4.00. The smallest absolute Gasteiger partial charge is 0.160 e. The molecule has 0 amide bonds. The Morgan fingerprint density at radius 2 is 2.12 bits per heavy atom. The van der Waals surface area contributed by atoms with Crippen LogP contribution in [0.25, 0.3) is 11.0 Å². The predicted octanol–water partition coefficient (Wildman–Crippen LogP) is 1.43.